The molecule has 4 heteroatoms. The molecule has 2 rings (SSSR count). The van der Waals surface area contributed by atoms with Crippen molar-refractivity contribution in [3.8, 4) is 0 Å². The number of nitrogens with two attached hydrogens (primary N) is 1. The number of nitrogens with one attached hydrogen (secondary N) is 1. The zero-order valence-corrected chi connectivity index (χ0v) is 8.87. The summed E-state index contributed by atoms with van der Waals surface area (Å²) in [5.41, 5.74) is 5.83. The molecule has 0 aromatic carbocycles. The topological polar surface area (TPSA) is 53.6 Å². The fraction of sp³-hybridized carbons (Fsp3) is 0.900. The number of rotatable bonds is 1. The molecule has 0 aromatic heterocycles. The summed E-state index contributed by atoms with van der Waals surface area (Å²) in [6, 6.07) is 0.480. The number of aliphatic imine (C=N–C) groups is 1. The largest absolute Gasteiger partial charge is 0.354 e. The van der Waals surface area contributed by atoms with Crippen LogP contribution in [0.5, 0.6) is 0 Å². The summed E-state index contributed by atoms with van der Waals surface area (Å²) in [6.45, 7) is 6.04. The first-order valence-electron chi connectivity index (χ1n) is 5.58. The first-order valence-corrected chi connectivity index (χ1v) is 5.58. The lowest BCUT2D eigenvalue weighted by Gasteiger charge is -2.40. The molecule has 2 heterocycles. The number of piperidine rings is 1. The molecule has 1 saturated heterocycles. The van der Waals surface area contributed by atoms with Crippen molar-refractivity contribution in [2.45, 2.75) is 25.8 Å². The van der Waals surface area contributed by atoms with Crippen molar-refractivity contribution in [1.29, 1.82) is 0 Å². The second kappa shape index (κ2) is 4.17. The molecule has 2 atom stereocenters. The smallest absolute Gasteiger partial charge is 0.194 e. The van der Waals surface area contributed by atoms with Crippen LogP contribution in [0.4, 0.5) is 0 Å². The molecule has 0 bridgehead atoms. The van der Waals surface area contributed by atoms with Crippen LogP contribution in [0.1, 0.15) is 19.8 Å². The van der Waals surface area contributed by atoms with Gasteiger partial charge in [0.05, 0.1) is 6.54 Å². The third kappa shape index (κ3) is 1.71. The lowest BCUT2D eigenvalue weighted by atomic mass is 9.91. The second-order valence-corrected chi connectivity index (χ2v) is 4.25. The highest BCUT2D eigenvalue weighted by atomic mass is 15.3. The standard InChI is InChI=1S/C10H20N4/c1-8-3-2-6-14(9(8)7-11)10-12-4-5-13-10/h8-9H,2-7,11H2,1H3,(H,12,13). The molecule has 0 spiro atoms. The van der Waals surface area contributed by atoms with Gasteiger partial charge < -0.3 is 16.0 Å². The molecule has 0 aromatic rings. The van der Waals surface area contributed by atoms with Crippen LogP contribution in [0.15, 0.2) is 4.99 Å². The minimum Gasteiger partial charge on any atom is -0.354 e. The van der Waals surface area contributed by atoms with Crippen molar-refractivity contribution in [2.75, 3.05) is 26.2 Å². The average molecular weight is 196 g/mol. The third-order valence-corrected chi connectivity index (χ3v) is 3.29. The SMILES string of the molecule is CC1CCCN(C2=NCCN2)C1CN. The average Bonchev–Trinajstić information content (AvgIpc) is 2.70. The lowest BCUT2D eigenvalue weighted by molar-refractivity contribution is 0.178. The molecule has 2 aliphatic heterocycles. The fourth-order valence-electron chi connectivity index (χ4n) is 2.45. The maximum atomic E-state index is 5.83. The van der Waals surface area contributed by atoms with Gasteiger partial charge in [-0.2, -0.15) is 0 Å². The second-order valence-electron chi connectivity index (χ2n) is 4.25. The highest BCUT2D eigenvalue weighted by Crippen LogP contribution is 2.22. The van der Waals surface area contributed by atoms with E-state index in [1.165, 1.54) is 12.8 Å². The maximum absolute atomic E-state index is 5.83. The molecule has 2 aliphatic rings. The van der Waals surface area contributed by atoms with E-state index in [9.17, 15) is 0 Å². The van der Waals surface area contributed by atoms with Gasteiger partial charge in [0.15, 0.2) is 5.96 Å². The molecule has 4 nitrogen and oxygen atoms in total. The number of hydrogen-bond acceptors (Lipinski definition) is 4. The quantitative estimate of drug-likeness (QED) is 0.621. The Balaban J connectivity index is 2.07. The van der Waals surface area contributed by atoms with Gasteiger partial charge in [0.25, 0.3) is 0 Å². The van der Waals surface area contributed by atoms with Crippen LogP contribution in [0.3, 0.4) is 0 Å². The van der Waals surface area contributed by atoms with Crippen molar-refractivity contribution in [3.63, 3.8) is 0 Å². The van der Waals surface area contributed by atoms with Crippen LogP contribution in [0.25, 0.3) is 0 Å². The summed E-state index contributed by atoms with van der Waals surface area (Å²) in [4.78, 5) is 6.83. The molecule has 0 amide bonds. The van der Waals surface area contributed by atoms with Crippen LogP contribution >= 0.6 is 0 Å². The van der Waals surface area contributed by atoms with Gasteiger partial charge in [-0.05, 0) is 18.8 Å². The Hall–Kier alpha value is -0.770. The van der Waals surface area contributed by atoms with Gasteiger partial charge in [0, 0.05) is 25.7 Å². The van der Waals surface area contributed by atoms with Gasteiger partial charge >= 0.3 is 0 Å². The van der Waals surface area contributed by atoms with Crippen LogP contribution in [0, 0.1) is 5.92 Å². The van der Waals surface area contributed by atoms with Crippen LogP contribution in [-0.2, 0) is 0 Å². The Morgan fingerprint density at radius 1 is 1.64 bits per heavy atom. The monoisotopic (exact) mass is 196 g/mol. The van der Waals surface area contributed by atoms with E-state index < -0.39 is 0 Å². The van der Waals surface area contributed by atoms with E-state index in [2.05, 4.69) is 22.1 Å². The highest BCUT2D eigenvalue weighted by molar-refractivity contribution is 5.81. The summed E-state index contributed by atoms with van der Waals surface area (Å²) in [6.07, 6.45) is 2.56. The molecular weight excluding hydrogens is 176 g/mol. The van der Waals surface area contributed by atoms with E-state index in [-0.39, 0.29) is 0 Å². The molecule has 14 heavy (non-hydrogen) atoms. The first-order chi connectivity index (χ1) is 6.83. The van der Waals surface area contributed by atoms with Gasteiger partial charge in [-0.1, -0.05) is 6.92 Å². The van der Waals surface area contributed by atoms with E-state index in [4.69, 9.17) is 5.73 Å². The predicted molar refractivity (Wildman–Crippen MR) is 58.3 cm³/mol. The minimum absolute atomic E-state index is 0.480. The van der Waals surface area contributed by atoms with Gasteiger partial charge in [-0.15, -0.1) is 0 Å². The Bertz CT molecular complexity index is 226. The molecule has 0 aliphatic carbocycles. The molecular formula is C10H20N4. The lowest BCUT2D eigenvalue weighted by Crippen LogP contribution is -2.54. The summed E-state index contributed by atoms with van der Waals surface area (Å²) < 4.78 is 0. The minimum atomic E-state index is 0.480. The van der Waals surface area contributed by atoms with E-state index >= 15 is 0 Å². The van der Waals surface area contributed by atoms with Gasteiger partial charge in [0.1, 0.15) is 0 Å². The first kappa shape index (κ1) is 9.77. The summed E-state index contributed by atoms with van der Waals surface area (Å²) in [5.74, 6) is 1.77. The van der Waals surface area contributed by atoms with Crippen molar-refractivity contribution in [2.24, 2.45) is 16.6 Å². The van der Waals surface area contributed by atoms with E-state index in [1.807, 2.05) is 0 Å². The maximum Gasteiger partial charge on any atom is 0.194 e. The fourth-order valence-corrected chi connectivity index (χ4v) is 2.45. The number of hydrogen-bond donors (Lipinski definition) is 2. The van der Waals surface area contributed by atoms with Gasteiger partial charge in [-0.3, -0.25) is 4.99 Å². The Kier molecular flexibility index (Phi) is 2.91. The van der Waals surface area contributed by atoms with E-state index in [0.717, 1.165) is 32.1 Å². The molecule has 0 radical (unpaired) electrons. The molecule has 0 saturated carbocycles. The van der Waals surface area contributed by atoms with Gasteiger partial charge in [-0.25, -0.2) is 0 Å². The normalized spacial score (nSPS) is 32.7. The zero-order chi connectivity index (χ0) is 9.97. The van der Waals surface area contributed by atoms with Gasteiger partial charge in [0.2, 0.25) is 0 Å². The predicted octanol–water partition coefficient (Wildman–Crippen LogP) is 0.00480. The third-order valence-electron chi connectivity index (χ3n) is 3.29. The van der Waals surface area contributed by atoms with Crippen LogP contribution in [0.2, 0.25) is 0 Å². The Morgan fingerprint density at radius 3 is 3.14 bits per heavy atom. The summed E-state index contributed by atoms with van der Waals surface area (Å²) in [7, 11) is 0. The number of likely N-dealkylation sites (tertiary alicyclic amines) is 1. The highest BCUT2D eigenvalue weighted by Gasteiger charge is 2.30. The van der Waals surface area contributed by atoms with Crippen molar-refractivity contribution >= 4 is 5.96 Å². The van der Waals surface area contributed by atoms with Crippen LogP contribution in [-0.4, -0.2) is 43.1 Å². The summed E-state index contributed by atoms with van der Waals surface area (Å²) >= 11 is 0. The summed E-state index contributed by atoms with van der Waals surface area (Å²) in [5, 5.41) is 3.33. The van der Waals surface area contributed by atoms with Crippen molar-refractivity contribution in [1.82, 2.24) is 10.2 Å². The molecule has 2 unspecified atom stereocenters. The molecule has 3 N–H and O–H groups in total. The number of nitrogens with zero attached hydrogens (tertiary/aromatic N) is 2. The molecule has 80 valence electrons. The van der Waals surface area contributed by atoms with E-state index in [1.54, 1.807) is 0 Å². The van der Waals surface area contributed by atoms with Crippen molar-refractivity contribution in [3.05, 3.63) is 0 Å². The molecule has 1 fully saturated rings. The van der Waals surface area contributed by atoms with E-state index in [0.29, 0.717) is 12.0 Å². The zero-order valence-electron chi connectivity index (χ0n) is 8.87. The Labute approximate surface area is 85.6 Å². The number of guanidine groups is 1. The van der Waals surface area contributed by atoms with Crippen molar-refractivity contribution < 1.29 is 0 Å². The van der Waals surface area contributed by atoms with Crippen LogP contribution < -0.4 is 11.1 Å². The Morgan fingerprint density at radius 2 is 2.50 bits per heavy atom.